The van der Waals surface area contributed by atoms with Gasteiger partial charge in [0.1, 0.15) is 35.3 Å². The predicted molar refractivity (Wildman–Crippen MR) is 152 cm³/mol. The van der Waals surface area contributed by atoms with E-state index in [0.717, 1.165) is 18.6 Å². The molecular weight excluding hydrogens is 560 g/mol. The molecule has 1 aromatic carbocycles. The molecule has 4 aromatic rings. The molecule has 0 radical (unpaired) electrons. The second-order valence-electron chi connectivity index (χ2n) is 11.8. The van der Waals surface area contributed by atoms with Crippen molar-refractivity contribution in [3.8, 4) is 11.3 Å². The number of ether oxygens (including phenoxy) is 1. The molecule has 3 aromatic heterocycles. The third kappa shape index (κ3) is 5.99. The van der Waals surface area contributed by atoms with Crippen LogP contribution in [0.4, 0.5) is 19.4 Å². The summed E-state index contributed by atoms with van der Waals surface area (Å²) in [5.74, 6) is -0.436. The Hall–Kier alpha value is -4.62. The van der Waals surface area contributed by atoms with Crippen molar-refractivity contribution in [2.24, 2.45) is 0 Å². The highest BCUT2D eigenvalue weighted by molar-refractivity contribution is 5.78. The maximum atomic E-state index is 14.6. The second-order valence-corrected chi connectivity index (χ2v) is 11.8. The molecule has 2 aliphatic heterocycles. The Kier molecular flexibility index (Phi) is 7.44. The Morgan fingerprint density at radius 2 is 1.81 bits per heavy atom. The molecule has 2 aliphatic rings. The second kappa shape index (κ2) is 11.2. The van der Waals surface area contributed by atoms with Crippen molar-refractivity contribution in [1.82, 2.24) is 39.4 Å². The summed E-state index contributed by atoms with van der Waals surface area (Å²) in [7, 11) is 0. The van der Waals surface area contributed by atoms with E-state index in [4.69, 9.17) is 9.72 Å². The van der Waals surface area contributed by atoms with Gasteiger partial charge in [0.25, 0.3) is 0 Å². The van der Waals surface area contributed by atoms with Gasteiger partial charge in [-0.25, -0.2) is 27.8 Å². The summed E-state index contributed by atoms with van der Waals surface area (Å²) in [6, 6.07) is 4.99. The fourth-order valence-electron chi connectivity index (χ4n) is 5.54. The monoisotopic (exact) mass is 593 g/mol. The molecule has 43 heavy (non-hydrogen) atoms. The summed E-state index contributed by atoms with van der Waals surface area (Å²) >= 11 is 0. The summed E-state index contributed by atoms with van der Waals surface area (Å²) in [4.78, 5) is 35.4. The van der Waals surface area contributed by atoms with Crippen LogP contribution < -0.4 is 4.90 Å². The summed E-state index contributed by atoms with van der Waals surface area (Å²) in [5.41, 5.74) is 1.38. The number of hydrogen-bond acceptors (Lipinski definition) is 8. The van der Waals surface area contributed by atoms with Gasteiger partial charge in [0.15, 0.2) is 5.65 Å². The highest BCUT2D eigenvalue weighted by atomic mass is 19.1. The van der Waals surface area contributed by atoms with E-state index in [-0.39, 0.29) is 24.6 Å². The summed E-state index contributed by atoms with van der Waals surface area (Å²) in [5, 5.41) is 12.8. The number of amides is 2. The van der Waals surface area contributed by atoms with Crippen molar-refractivity contribution in [2.45, 2.75) is 51.8 Å². The number of anilines is 1. The molecule has 0 saturated carbocycles. The van der Waals surface area contributed by atoms with E-state index in [1.165, 1.54) is 10.7 Å². The lowest BCUT2D eigenvalue weighted by atomic mass is 10.0. The van der Waals surface area contributed by atoms with Crippen LogP contribution in [-0.2, 0) is 16.1 Å². The highest BCUT2D eigenvalue weighted by Gasteiger charge is 2.31. The zero-order chi connectivity index (χ0) is 30.3. The van der Waals surface area contributed by atoms with Crippen LogP contribution >= 0.6 is 0 Å². The zero-order valence-electron chi connectivity index (χ0n) is 24.3. The number of halogens is 2. The van der Waals surface area contributed by atoms with Crippen LogP contribution in [0, 0.1) is 11.6 Å². The van der Waals surface area contributed by atoms with Gasteiger partial charge in [-0.3, -0.25) is 4.79 Å². The molecule has 0 aliphatic carbocycles. The number of fused-ring (bicyclic) bond motifs is 1. The lowest BCUT2D eigenvalue weighted by molar-refractivity contribution is -0.133. The Labute approximate surface area is 246 Å². The fourth-order valence-corrected chi connectivity index (χ4v) is 5.54. The van der Waals surface area contributed by atoms with Gasteiger partial charge in [-0.1, -0.05) is 5.21 Å². The van der Waals surface area contributed by atoms with Gasteiger partial charge in [0.2, 0.25) is 5.91 Å². The van der Waals surface area contributed by atoms with Gasteiger partial charge in [-0.2, -0.15) is 5.10 Å². The number of hydrogen-bond donors (Lipinski definition) is 0. The van der Waals surface area contributed by atoms with Crippen molar-refractivity contribution < 1.29 is 23.1 Å². The number of rotatable bonds is 5. The van der Waals surface area contributed by atoms with Gasteiger partial charge >= 0.3 is 6.09 Å². The number of nitrogens with zero attached hydrogens (tertiary/aromatic N) is 9. The molecule has 0 N–H and O–H groups in total. The summed E-state index contributed by atoms with van der Waals surface area (Å²) in [6.45, 7) is 7.68. The Balaban J connectivity index is 1.14. The molecule has 14 heteroatoms. The van der Waals surface area contributed by atoms with Gasteiger partial charge in [0, 0.05) is 44.5 Å². The Morgan fingerprint density at radius 3 is 2.58 bits per heavy atom. The van der Waals surface area contributed by atoms with E-state index >= 15 is 0 Å². The average molecular weight is 594 g/mol. The molecule has 12 nitrogen and oxygen atoms in total. The van der Waals surface area contributed by atoms with E-state index in [1.54, 1.807) is 39.0 Å². The molecule has 2 fully saturated rings. The van der Waals surface area contributed by atoms with Crippen LogP contribution in [0.1, 0.15) is 45.2 Å². The first-order valence-corrected chi connectivity index (χ1v) is 14.3. The van der Waals surface area contributed by atoms with Crippen LogP contribution in [0.3, 0.4) is 0 Å². The van der Waals surface area contributed by atoms with E-state index in [2.05, 4.69) is 15.4 Å². The first-order valence-electron chi connectivity index (χ1n) is 14.3. The third-order valence-electron chi connectivity index (χ3n) is 7.61. The van der Waals surface area contributed by atoms with Crippen LogP contribution in [0.15, 0.2) is 42.9 Å². The van der Waals surface area contributed by atoms with E-state index in [1.807, 2.05) is 25.7 Å². The number of piperazine rings is 1. The summed E-state index contributed by atoms with van der Waals surface area (Å²) < 4.78 is 37.1. The van der Waals surface area contributed by atoms with Crippen LogP contribution in [0.25, 0.3) is 16.9 Å². The van der Waals surface area contributed by atoms with Gasteiger partial charge in [-0.15, -0.1) is 5.10 Å². The third-order valence-corrected chi connectivity index (χ3v) is 7.61. The minimum atomic E-state index is -0.578. The smallest absolute Gasteiger partial charge is 0.410 e. The lowest BCUT2D eigenvalue weighted by Gasteiger charge is -2.35. The largest absolute Gasteiger partial charge is 0.444 e. The quantitative estimate of drug-likeness (QED) is 0.344. The van der Waals surface area contributed by atoms with Crippen molar-refractivity contribution in [1.29, 1.82) is 0 Å². The van der Waals surface area contributed by atoms with Crippen molar-refractivity contribution in [2.75, 3.05) is 37.6 Å². The number of carbonyl (C=O) groups is 2. The van der Waals surface area contributed by atoms with Gasteiger partial charge < -0.3 is 19.4 Å². The van der Waals surface area contributed by atoms with Crippen molar-refractivity contribution in [3.63, 3.8) is 0 Å². The summed E-state index contributed by atoms with van der Waals surface area (Å²) in [6.07, 6.45) is 6.18. The number of aromatic nitrogens is 6. The minimum Gasteiger partial charge on any atom is -0.444 e. The fraction of sp³-hybridized carbons (Fsp3) is 0.448. The van der Waals surface area contributed by atoms with E-state index < -0.39 is 17.2 Å². The number of benzene rings is 1. The van der Waals surface area contributed by atoms with Gasteiger partial charge in [-0.05, 0) is 57.9 Å². The normalized spacial score (nSPS) is 17.6. The van der Waals surface area contributed by atoms with Gasteiger partial charge in [0.05, 0.1) is 24.0 Å². The van der Waals surface area contributed by atoms with Crippen LogP contribution in [0.2, 0.25) is 0 Å². The molecule has 1 atom stereocenters. The van der Waals surface area contributed by atoms with Crippen molar-refractivity contribution in [3.05, 3.63) is 60.1 Å². The Bertz CT molecular complexity index is 1660. The molecule has 2 amide bonds. The SMILES string of the molecule is CC(C)(C)OC(=O)N1CCN(C(=O)Cn2cc(-c3cnn4ccc(N5CCCC5c5cc(F)ccc5F)nc34)nn2)CC1. The number of carbonyl (C=O) groups excluding carboxylic acids is 2. The van der Waals surface area contributed by atoms with Crippen molar-refractivity contribution >= 4 is 23.5 Å². The van der Waals surface area contributed by atoms with E-state index in [9.17, 15) is 18.4 Å². The first kappa shape index (κ1) is 28.5. The maximum Gasteiger partial charge on any atom is 0.410 e. The van der Waals surface area contributed by atoms with Crippen LogP contribution in [0.5, 0.6) is 0 Å². The van der Waals surface area contributed by atoms with Crippen LogP contribution in [-0.4, -0.2) is 89.7 Å². The molecule has 1 unspecified atom stereocenters. The minimum absolute atomic E-state index is 0.00795. The molecular formula is C29H33F2N9O3. The molecule has 5 heterocycles. The lowest BCUT2D eigenvalue weighted by Crippen LogP contribution is -2.52. The maximum absolute atomic E-state index is 14.6. The highest BCUT2D eigenvalue weighted by Crippen LogP contribution is 2.37. The molecule has 0 bridgehead atoms. The topological polar surface area (TPSA) is 114 Å². The van der Waals surface area contributed by atoms with E-state index in [0.29, 0.717) is 67.4 Å². The molecule has 0 spiro atoms. The first-order chi connectivity index (χ1) is 20.6. The Morgan fingerprint density at radius 1 is 1.05 bits per heavy atom. The molecule has 2 saturated heterocycles. The molecule has 226 valence electrons. The zero-order valence-corrected chi connectivity index (χ0v) is 24.3. The average Bonchev–Trinajstić information content (AvgIpc) is 3.73. The standard InChI is InChI=1S/C29H33F2N9O3/c1-29(2,3)43-28(42)37-13-11-36(12-14-37)26(41)18-38-17-23(34-35-38)21-16-32-40-10-8-25(33-27(21)40)39-9-4-5-24(39)20-15-19(30)6-7-22(20)31/h6-8,10,15-17,24H,4-5,9,11-14,18H2,1-3H3. The predicted octanol–water partition coefficient (Wildman–Crippen LogP) is 3.69. The molecule has 6 rings (SSSR count).